The van der Waals surface area contributed by atoms with Crippen molar-refractivity contribution in [3.63, 3.8) is 0 Å². The molecule has 0 radical (unpaired) electrons. The Balaban J connectivity index is 1.50. The number of rotatable bonds is 13. The summed E-state index contributed by atoms with van der Waals surface area (Å²) >= 11 is 1.50. The van der Waals surface area contributed by atoms with Crippen LogP contribution in [0.2, 0.25) is 0 Å². The average molecular weight is 537 g/mol. The van der Waals surface area contributed by atoms with E-state index in [0.29, 0.717) is 19.5 Å². The Labute approximate surface area is 227 Å². The van der Waals surface area contributed by atoms with Crippen LogP contribution >= 0.6 is 11.8 Å². The molecule has 1 heterocycles. The number of likely N-dealkylation sites (N-methyl/N-ethyl adjacent to an activating group) is 1. The van der Waals surface area contributed by atoms with Gasteiger partial charge in [-0.3, -0.25) is 9.59 Å². The Hall–Kier alpha value is -3.76. The predicted octanol–water partition coefficient (Wildman–Crippen LogP) is 3.77. The van der Waals surface area contributed by atoms with E-state index in [1.165, 1.54) is 29.5 Å². The fourth-order valence-electron chi connectivity index (χ4n) is 4.36. The van der Waals surface area contributed by atoms with Crippen LogP contribution in [0, 0.1) is 34.4 Å². The third-order valence-electron chi connectivity index (χ3n) is 6.49. The van der Waals surface area contributed by atoms with E-state index in [9.17, 15) is 19.2 Å². The molecular formula is C28H33FN6O2S. The van der Waals surface area contributed by atoms with Gasteiger partial charge in [-0.1, -0.05) is 12.1 Å². The maximum atomic E-state index is 13.2. The molecule has 3 rings (SSSR count). The summed E-state index contributed by atoms with van der Waals surface area (Å²) in [6.07, 6.45) is 1.68. The van der Waals surface area contributed by atoms with Gasteiger partial charge in [0.15, 0.2) is 0 Å². The standard InChI is InChI=1S/C28H33FN6O2S/c1-3-35-26(18-21(19-31)27(36)33-15-13-30)38-25(28(35)37)11-14-32-23-6-4-5-20(17-23)12-16-34(2)24-9-7-22(29)8-10-24/h4-10,17,21,25-26,32H,3,11-12,14-16,18H2,1-2H3,(H,33,36). The van der Waals surface area contributed by atoms with Gasteiger partial charge in [-0.05, 0) is 61.7 Å². The fourth-order valence-corrected chi connectivity index (χ4v) is 5.95. The maximum Gasteiger partial charge on any atom is 0.238 e. The zero-order valence-electron chi connectivity index (χ0n) is 21.7. The van der Waals surface area contributed by atoms with Crippen LogP contribution in [-0.4, -0.2) is 60.6 Å². The molecule has 2 aromatic rings. The van der Waals surface area contributed by atoms with Crippen LogP contribution in [0.1, 0.15) is 25.3 Å². The van der Waals surface area contributed by atoms with Crippen LogP contribution < -0.4 is 15.5 Å². The molecule has 38 heavy (non-hydrogen) atoms. The molecule has 0 saturated carbocycles. The van der Waals surface area contributed by atoms with Gasteiger partial charge in [0.2, 0.25) is 11.8 Å². The van der Waals surface area contributed by atoms with E-state index in [4.69, 9.17) is 5.26 Å². The van der Waals surface area contributed by atoms with E-state index in [0.717, 1.165) is 24.3 Å². The molecule has 1 aliphatic rings. The number of carbonyl (C=O) groups is 2. The quantitative estimate of drug-likeness (QED) is 0.375. The first kappa shape index (κ1) is 28.8. The van der Waals surface area contributed by atoms with Crippen LogP contribution in [0.4, 0.5) is 15.8 Å². The van der Waals surface area contributed by atoms with Gasteiger partial charge < -0.3 is 20.4 Å². The molecule has 2 amide bonds. The van der Waals surface area contributed by atoms with Gasteiger partial charge in [0.25, 0.3) is 0 Å². The number of nitriles is 2. The number of thioether (sulfide) groups is 1. The Morgan fingerprint density at radius 1 is 1.24 bits per heavy atom. The number of hydrogen-bond donors (Lipinski definition) is 2. The lowest BCUT2D eigenvalue weighted by Crippen LogP contribution is -2.38. The molecule has 1 saturated heterocycles. The Kier molecular flexibility index (Phi) is 10.8. The molecule has 10 heteroatoms. The molecule has 0 aromatic heterocycles. The molecule has 1 fully saturated rings. The summed E-state index contributed by atoms with van der Waals surface area (Å²) < 4.78 is 13.2. The molecule has 3 unspecified atom stereocenters. The van der Waals surface area contributed by atoms with E-state index in [2.05, 4.69) is 27.7 Å². The van der Waals surface area contributed by atoms with Gasteiger partial charge in [-0.2, -0.15) is 10.5 Å². The second-order valence-electron chi connectivity index (χ2n) is 9.06. The summed E-state index contributed by atoms with van der Waals surface area (Å²) in [5, 5.41) is 23.4. The van der Waals surface area contributed by atoms with Crippen molar-refractivity contribution >= 4 is 35.0 Å². The van der Waals surface area contributed by atoms with Gasteiger partial charge in [-0.25, -0.2) is 4.39 Å². The average Bonchev–Trinajstić information content (AvgIpc) is 3.23. The highest BCUT2D eigenvalue weighted by molar-refractivity contribution is 8.01. The van der Waals surface area contributed by atoms with Gasteiger partial charge in [0, 0.05) is 44.5 Å². The van der Waals surface area contributed by atoms with E-state index >= 15 is 0 Å². The minimum Gasteiger partial charge on any atom is -0.385 e. The smallest absolute Gasteiger partial charge is 0.238 e. The molecule has 1 aliphatic heterocycles. The summed E-state index contributed by atoms with van der Waals surface area (Å²) in [4.78, 5) is 29.0. The molecule has 200 valence electrons. The zero-order chi connectivity index (χ0) is 27.5. The van der Waals surface area contributed by atoms with Gasteiger partial charge in [-0.15, -0.1) is 11.8 Å². The minimum atomic E-state index is -0.913. The lowest BCUT2D eigenvalue weighted by molar-refractivity contribution is -0.131. The van der Waals surface area contributed by atoms with E-state index in [1.807, 2.05) is 38.2 Å². The first-order valence-electron chi connectivity index (χ1n) is 12.7. The second-order valence-corrected chi connectivity index (χ2v) is 10.4. The van der Waals surface area contributed by atoms with Crippen molar-refractivity contribution in [2.24, 2.45) is 5.92 Å². The van der Waals surface area contributed by atoms with Crippen LogP contribution in [0.5, 0.6) is 0 Å². The molecule has 8 nitrogen and oxygen atoms in total. The fraction of sp³-hybridized carbons (Fsp3) is 0.429. The lowest BCUT2D eigenvalue weighted by atomic mass is 10.1. The second kappa shape index (κ2) is 14.3. The highest BCUT2D eigenvalue weighted by Gasteiger charge is 2.40. The summed E-state index contributed by atoms with van der Waals surface area (Å²) in [6.45, 7) is 3.65. The molecule has 3 atom stereocenters. The number of hydrogen-bond acceptors (Lipinski definition) is 7. The molecular weight excluding hydrogens is 503 g/mol. The van der Waals surface area contributed by atoms with Crippen LogP contribution in [-0.2, 0) is 16.0 Å². The van der Waals surface area contributed by atoms with Crippen molar-refractivity contribution in [2.45, 2.75) is 36.8 Å². The predicted molar refractivity (Wildman–Crippen MR) is 148 cm³/mol. The van der Waals surface area contributed by atoms with Crippen LogP contribution in [0.25, 0.3) is 0 Å². The number of nitrogens with one attached hydrogen (secondary N) is 2. The number of anilines is 2. The number of nitrogens with zero attached hydrogens (tertiary/aromatic N) is 4. The maximum absolute atomic E-state index is 13.2. The van der Waals surface area contributed by atoms with Gasteiger partial charge in [0.05, 0.1) is 22.8 Å². The first-order valence-corrected chi connectivity index (χ1v) is 13.6. The van der Waals surface area contributed by atoms with Crippen molar-refractivity contribution in [3.05, 3.63) is 59.9 Å². The molecule has 2 N–H and O–H groups in total. The molecule has 0 spiro atoms. The Morgan fingerprint density at radius 2 is 2.00 bits per heavy atom. The Morgan fingerprint density at radius 3 is 2.68 bits per heavy atom. The minimum absolute atomic E-state index is 0.0241. The normalized spacial score (nSPS) is 17.4. The van der Waals surface area contributed by atoms with Crippen molar-refractivity contribution < 1.29 is 14.0 Å². The topological polar surface area (TPSA) is 112 Å². The number of halogens is 1. The van der Waals surface area contributed by atoms with E-state index < -0.39 is 11.8 Å². The monoisotopic (exact) mass is 536 g/mol. The number of benzene rings is 2. The molecule has 0 bridgehead atoms. The number of amides is 2. The lowest BCUT2D eigenvalue weighted by Gasteiger charge is -2.23. The highest BCUT2D eigenvalue weighted by Crippen LogP contribution is 2.37. The largest absolute Gasteiger partial charge is 0.385 e. The third kappa shape index (κ3) is 7.87. The summed E-state index contributed by atoms with van der Waals surface area (Å²) in [7, 11) is 1.98. The highest BCUT2D eigenvalue weighted by atomic mass is 32.2. The van der Waals surface area contributed by atoms with Crippen LogP contribution in [0.15, 0.2) is 48.5 Å². The van der Waals surface area contributed by atoms with Crippen LogP contribution in [0.3, 0.4) is 0 Å². The Bertz CT molecular complexity index is 1180. The zero-order valence-corrected chi connectivity index (χ0v) is 22.5. The van der Waals surface area contributed by atoms with E-state index in [1.54, 1.807) is 17.0 Å². The molecule has 2 aromatic carbocycles. The summed E-state index contributed by atoms with van der Waals surface area (Å²) in [6, 6.07) is 18.5. The van der Waals surface area contributed by atoms with Gasteiger partial charge in [0.1, 0.15) is 18.3 Å². The first-order chi connectivity index (χ1) is 18.4. The van der Waals surface area contributed by atoms with E-state index in [-0.39, 0.29) is 35.3 Å². The summed E-state index contributed by atoms with van der Waals surface area (Å²) in [5.74, 6) is -1.62. The van der Waals surface area contributed by atoms with Crippen molar-refractivity contribution in [1.82, 2.24) is 10.2 Å². The van der Waals surface area contributed by atoms with Crippen molar-refractivity contribution in [2.75, 3.05) is 43.4 Å². The SMILES string of the molecule is CCN1C(=O)C(CCNc2cccc(CCN(C)c3ccc(F)cc3)c2)SC1CC(C#N)C(=O)NCC#N. The summed E-state index contributed by atoms with van der Waals surface area (Å²) in [5.41, 5.74) is 3.11. The van der Waals surface area contributed by atoms with Crippen molar-refractivity contribution in [1.29, 1.82) is 10.5 Å². The third-order valence-corrected chi connectivity index (χ3v) is 8.01. The number of carbonyl (C=O) groups excluding carboxylic acids is 2. The van der Waals surface area contributed by atoms with Crippen molar-refractivity contribution in [3.8, 4) is 12.1 Å². The molecule has 0 aliphatic carbocycles. The van der Waals surface area contributed by atoms with Gasteiger partial charge >= 0.3 is 0 Å².